The summed E-state index contributed by atoms with van der Waals surface area (Å²) in [6.07, 6.45) is 3.73. The molecule has 0 atom stereocenters. The van der Waals surface area contributed by atoms with Gasteiger partial charge in [0.05, 0.1) is 12.2 Å². The molecule has 2 rings (SSSR count). The molecule has 0 aliphatic rings. The minimum atomic E-state index is -0.372. The van der Waals surface area contributed by atoms with Gasteiger partial charge in [-0.2, -0.15) is 0 Å². The van der Waals surface area contributed by atoms with E-state index in [1.807, 2.05) is 13.8 Å². The molecule has 2 aromatic heterocycles. The van der Waals surface area contributed by atoms with Crippen molar-refractivity contribution in [1.82, 2.24) is 15.0 Å². The van der Waals surface area contributed by atoms with Crippen molar-refractivity contribution in [1.29, 1.82) is 0 Å². The summed E-state index contributed by atoms with van der Waals surface area (Å²) in [7, 11) is 0. The molecule has 0 radical (unpaired) electrons. The highest BCUT2D eigenvalue weighted by Crippen LogP contribution is 2.16. The Morgan fingerprint density at radius 1 is 1.35 bits per heavy atom. The summed E-state index contributed by atoms with van der Waals surface area (Å²) in [4.78, 5) is 13.1. The lowest BCUT2D eigenvalue weighted by Gasteiger charge is -2.06. The fraction of sp³-hybridized carbons (Fsp3) is 0.364. The van der Waals surface area contributed by atoms with Crippen molar-refractivity contribution < 1.29 is 4.39 Å². The van der Waals surface area contributed by atoms with Gasteiger partial charge in [-0.3, -0.25) is 0 Å². The molecule has 0 bridgehead atoms. The second-order valence-electron chi connectivity index (χ2n) is 3.55. The molecule has 0 aromatic carbocycles. The average Bonchev–Trinajstić information content (AvgIpc) is 2.74. The van der Waals surface area contributed by atoms with E-state index in [-0.39, 0.29) is 11.6 Å². The number of hydrogen-bond acceptors (Lipinski definition) is 5. The fourth-order valence-electron chi connectivity index (χ4n) is 1.42. The van der Waals surface area contributed by atoms with Crippen LogP contribution in [-0.2, 0) is 13.0 Å². The van der Waals surface area contributed by atoms with Gasteiger partial charge in [0, 0.05) is 11.1 Å². The quantitative estimate of drug-likeness (QED) is 0.908. The van der Waals surface area contributed by atoms with Crippen LogP contribution in [0, 0.1) is 12.7 Å². The number of nitrogens with one attached hydrogen (secondary N) is 1. The van der Waals surface area contributed by atoms with Gasteiger partial charge in [0.25, 0.3) is 0 Å². The highest BCUT2D eigenvalue weighted by Gasteiger charge is 2.09. The molecule has 0 saturated heterocycles. The standard InChI is InChI=1S/C11H13FN4S/c1-3-8-10(12)11(16-6-15-8)14-5-9-13-4-7(2)17-9/h4,6H,3,5H2,1-2H3,(H,14,15,16). The number of halogens is 1. The van der Waals surface area contributed by atoms with Crippen molar-refractivity contribution in [3.63, 3.8) is 0 Å². The zero-order chi connectivity index (χ0) is 12.3. The van der Waals surface area contributed by atoms with Crippen LogP contribution < -0.4 is 5.32 Å². The Balaban J connectivity index is 2.09. The summed E-state index contributed by atoms with van der Waals surface area (Å²) >= 11 is 1.58. The van der Waals surface area contributed by atoms with Gasteiger partial charge in [0.1, 0.15) is 11.3 Å². The first-order valence-corrected chi connectivity index (χ1v) is 6.17. The third-order valence-corrected chi connectivity index (χ3v) is 3.19. The zero-order valence-electron chi connectivity index (χ0n) is 9.70. The minimum Gasteiger partial charge on any atom is -0.361 e. The van der Waals surface area contributed by atoms with Gasteiger partial charge < -0.3 is 5.32 Å². The molecule has 2 aromatic rings. The van der Waals surface area contributed by atoms with E-state index in [1.165, 1.54) is 6.33 Å². The smallest absolute Gasteiger partial charge is 0.186 e. The number of aryl methyl sites for hydroxylation is 2. The number of aromatic nitrogens is 3. The Labute approximate surface area is 103 Å². The SMILES string of the molecule is CCc1ncnc(NCc2ncc(C)s2)c1F. The minimum absolute atomic E-state index is 0.240. The highest BCUT2D eigenvalue weighted by atomic mass is 32.1. The molecule has 17 heavy (non-hydrogen) atoms. The second kappa shape index (κ2) is 5.18. The number of hydrogen-bond donors (Lipinski definition) is 1. The van der Waals surface area contributed by atoms with Crippen molar-refractivity contribution in [2.24, 2.45) is 0 Å². The van der Waals surface area contributed by atoms with Crippen LogP contribution in [0.15, 0.2) is 12.5 Å². The van der Waals surface area contributed by atoms with Crippen LogP contribution in [0.5, 0.6) is 0 Å². The topological polar surface area (TPSA) is 50.7 Å². The third-order valence-electron chi connectivity index (χ3n) is 2.27. The molecule has 0 aliphatic heterocycles. The van der Waals surface area contributed by atoms with E-state index in [2.05, 4.69) is 20.3 Å². The van der Waals surface area contributed by atoms with E-state index < -0.39 is 0 Å². The highest BCUT2D eigenvalue weighted by molar-refractivity contribution is 7.11. The van der Waals surface area contributed by atoms with Crippen molar-refractivity contribution in [3.05, 3.63) is 33.9 Å². The predicted molar refractivity (Wildman–Crippen MR) is 65.5 cm³/mol. The van der Waals surface area contributed by atoms with Gasteiger partial charge in [-0.05, 0) is 13.3 Å². The predicted octanol–water partition coefficient (Wildman–Crippen LogP) is 2.56. The van der Waals surface area contributed by atoms with Crippen LogP contribution in [0.4, 0.5) is 10.2 Å². The Morgan fingerprint density at radius 2 is 2.18 bits per heavy atom. The lowest BCUT2D eigenvalue weighted by Crippen LogP contribution is -2.06. The van der Waals surface area contributed by atoms with Crippen LogP contribution in [0.1, 0.15) is 22.5 Å². The Kier molecular flexibility index (Phi) is 3.63. The lowest BCUT2D eigenvalue weighted by atomic mass is 10.3. The van der Waals surface area contributed by atoms with Crippen LogP contribution in [-0.4, -0.2) is 15.0 Å². The molecule has 0 unspecified atom stereocenters. The normalized spacial score (nSPS) is 10.5. The maximum atomic E-state index is 13.8. The van der Waals surface area contributed by atoms with Gasteiger partial charge in [-0.15, -0.1) is 11.3 Å². The summed E-state index contributed by atoms with van der Waals surface area (Å²) < 4.78 is 13.8. The number of thiazole rings is 1. The molecule has 0 saturated carbocycles. The van der Waals surface area contributed by atoms with E-state index in [9.17, 15) is 4.39 Å². The van der Waals surface area contributed by atoms with Crippen molar-refractivity contribution in [2.75, 3.05) is 5.32 Å². The molecule has 0 amide bonds. The molecule has 6 heteroatoms. The van der Waals surface area contributed by atoms with Gasteiger partial charge >= 0.3 is 0 Å². The van der Waals surface area contributed by atoms with Crippen molar-refractivity contribution in [3.8, 4) is 0 Å². The molecule has 0 spiro atoms. The maximum absolute atomic E-state index is 13.8. The van der Waals surface area contributed by atoms with E-state index in [4.69, 9.17) is 0 Å². The fourth-order valence-corrected chi connectivity index (χ4v) is 2.15. The first-order valence-electron chi connectivity index (χ1n) is 5.35. The second-order valence-corrected chi connectivity index (χ2v) is 4.87. The molecule has 4 nitrogen and oxygen atoms in total. The van der Waals surface area contributed by atoms with Gasteiger partial charge in [0.2, 0.25) is 0 Å². The first kappa shape index (κ1) is 11.9. The lowest BCUT2D eigenvalue weighted by molar-refractivity contribution is 0.596. The summed E-state index contributed by atoms with van der Waals surface area (Å²) in [5.74, 6) is -0.131. The summed E-state index contributed by atoms with van der Waals surface area (Å²) in [5, 5.41) is 3.85. The number of rotatable bonds is 4. The first-order chi connectivity index (χ1) is 8.20. The van der Waals surface area contributed by atoms with Crippen molar-refractivity contribution >= 4 is 17.2 Å². The summed E-state index contributed by atoms with van der Waals surface area (Å²) in [6.45, 7) is 4.33. The van der Waals surface area contributed by atoms with Crippen LogP contribution in [0.25, 0.3) is 0 Å². The van der Waals surface area contributed by atoms with E-state index in [1.54, 1.807) is 17.5 Å². The monoisotopic (exact) mass is 252 g/mol. The summed E-state index contributed by atoms with van der Waals surface area (Å²) in [5.41, 5.74) is 0.429. The molecule has 2 heterocycles. The Hall–Kier alpha value is -1.56. The average molecular weight is 252 g/mol. The zero-order valence-corrected chi connectivity index (χ0v) is 10.5. The van der Waals surface area contributed by atoms with E-state index in [0.29, 0.717) is 18.7 Å². The molecule has 90 valence electrons. The van der Waals surface area contributed by atoms with Crippen LogP contribution >= 0.6 is 11.3 Å². The third kappa shape index (κ3) is 2.76. The maximum Gasteiger partial charge on any atom is 0.186 e. The van der Waals surface area contributed by atoms with Crippen LogP contribution in [0.3, 0.4) is 0 Å². The largest absolute Gasteiger partial charge is 0.361 e. The van der Waals surface area contributed by atoms with Gasteiger partial charge in [-0.25, -0.2) is 19.3 Å². The van der Waals surface area contributed by atoms with Gasteiger partial charge in [0.15, 0.2) is 11.6 Å². The molecule has 0 aliphatic carbocycles. The van der Waals surface area contributed by atoms with Crippen LogP contribution in [0.2, 0.25) is 0 Å². The summed E-state index contributed by atoms with van der Waals surface area (Å²) in [6, 6.07) is 0. The van der Waals surface area contributed by atoms with E-state index >= 15 is 0 Å². The van der Waals surface area contributed by atoms with Crippen molar-refractivity contribution in [2.45, 2.75) is 26.8 Å². The van der Waals surface area contributed by atoms with E-state index in [0.717, 1.165) is 9.88 Å². The Morgan fingerprint density at radius 3 is 2.82 bits per heavy atom. The Bertz CT molecular complexity index is 512. The molecular formula is C11H13FN4S. The number of nitrogens with zero attached hydrogens (tertiary/aromatic N) is 3. The van der Waals surface area contributed by atoms with Gasteiger partial charge in [-0.1, -0.05) is 6.92 Å². The molecule has 1 N–H and O–H groups in total. The molecule has 0 fully saturated rings. The number of anilines is 1. The molecular weight excluding hydrogens is 239 g/mol.